The van der Waals surface area contributed by atoms with Gasteiger partial charge in [0.25, 0.3) is 0 Å². The monoisotopic (exact) mass is 364 g/mol. The van der Waals surface area contributed by atoms with Gasteiger partial charge in [0.15, 0.2) is 0 Å². The number of hydrogen-bond donors (Lipinski definition) is 2. The number of carbonyl (C=O) groups excluding carboxylic acids is 1. The van der Waals surface area contributed by atoms with Crippen LogP contribution in [-0.4, -0.2) is 43.7 Å². The average Bonchev–Trinajstić information content (AvgIpc) is 3.01. The molecule has 0 bridgehead atoms. The van der Waals surface area contributed by atoms with Gasteiger partial charge in [0.2, 0.25) is 0 Å². The van der Waals surface area contributed by atoms with Crippen LogP contribution in [0.3, 0.4) is 0 Å². The van der Waals surface area contributed by atoms with E-state index in [9.17, 15) is 14.7 Å². The maximum atomic E-state index is 11.8. The maximum absolute atomic E-state index is 11.8. The van der Waals surface area contributed by atoms with Crippen LogP contribution >= 0.6 is 11.8 Å². The highest BCUT2D eigenvalue weighted by molar-refractivity contribution is 7.98. The second kappa shape index (κ2) is 9.67. The second-order valence-corrected chi connectivity index (χ2v) is 6.40. The number of rotatable bonds is 9. The van der Waals surface area contributed by atoms with Gasteiger partial charge in [-0.05, 0) is 17.7 Å². The van der Waals surface area contributed by atoms with Gasteiger partial charge >= 0.3 is 12.1 Å². The summed E-state index contributed by atoms with van der Waals surface area (Å²) in [6.45, 7) is 0.0971. The molecule has 1 atom stereocenters. The van der Waals surface area contributed by atoms with Crippen LogP contribution in [-0.2, 0) is 28.9 Å². The number of aliphatic carboxylic acids is 1. The molecule has 1 heterocycles. The lowest BCUT2D eigenvalue weighted by atomic mass is 10.2. The molecule has 1 amide bonds. The summed E-state index contributed by atoms with van der Waals surface area (Å²) >= 11 is 1.53. The second-order valence-electron chi connectivity index (χ2n) is 5.30. The molecule has 0 fully saturated rings. The van der Waals surface area contributed by atoms with Gasteiger partial charge in [0, 0.05) is 7.05 Å². The van der Waals surface area contributed by atoms with E-state index >= 15 is 0 Å². The first-order chi connectivity index (χ1) is 12.1. The lowest BCUT2D eigenvalue weighted by Crippen LogP contribution is -2.41. The Morgan fingerprint density at radius 2 is 2.12 bits per heavy atom. The number of alkyl carbamates (subject to hydrolysis) is 1. The van der Waals surface area contributed by atoms with Crippen LogP contribution in [0.15, 0.2) is 36.7 Å². The number of ether oxygens (including phenoxy) is 1. The number of carboxylic acids is 1. The number of nitrogens with zero attached hydrogens (tertiary/aromatic N) is 3. The predicted molar refractivity (Wildman–Crippen MR) is 93.0 cm³/mol. The number of benzene rings is 1. The van der Waals surface area contributed by atoms with Crippen LogP contribution in [0, 0.1) is 0 Å². The standard InChI is InChI=1S/C16H20N4O4S/c1-20-11-17-19-14(20)10-25-8-7-13(15(21)22)18-16(23)24-9-12-5-3-2-4-6-12/h2-6,11,13H,7-10H2,1H3,(H,18,23)(H,21,22). The molecule has 2 N–H and O–H groups in total. The van der Waals surface area contributed by atoms with Crippen molar-refractivity contribution in [2.45, 2.75) is 24.8 Å². The van der Waals surface area contributed by atoms with Crippen molar-refractivity contribution in [2.24, 2.45) is 7.05 Å². The van der Waals surface area contributed by atoms with Crippen molar-refractivity contribution < 1.29 is 19.4 Å². The molecule has 0 spiro atoms. The minimum absolute atomic E-state index is 0.0971. The van der Waals surface area contributed by atoms with Crippen molar-refractivity contribution in [3.63, 3.8) is 0 Å². The molecule has 1 aromatic heterocycles. The summed E-state index contributed by atoms with van der Waals surface area (Å²) in [6.07, 6.45) is 1.16. The molecule has 1 aromatic carbocycles. The maximum Gasteiger partial charge on any atom is 0.408 e. The zero-order chi connectivity index (χ0) is 18.1. The third kappa shape index (κ3) is 6.46. The van der Waals surface area contributed by atoms with Gasteiger partial charge < -0.3 is 19.7 Å². The molecule has 8 nitrogen and oxygen atoms in total. The van der Waals surface area contributed by atoms with Crippen LogP contribution in [0.4, 0.5) is 4.79 Å². The molecule has 0 radical (unpaired) electrons. The quantitative estimate of drug-likeness (QED) is 0.654. The summed E-state index contributed by atoms with van der Waals surface area (Å²) in [7, 11) is 1.85. The van der Waals surface area contributed by atoms with Gasteiger partial charge in [-0.2, -0.15) is 11.8 Å². The molecule has 0 aliphatic heterocycles. The highest BCUT2D eigenvalue weighted by Crippen LogP contribution is 2.12. The first-order valence-corrected chi connectivity index (χ1v) is 8.82. The largest absolute Gasteiger partial charge is 0.480 e. The Morgan fingerprint density at radius 1 is 1.36 bits per heavy atom. The molecular formula is C16H20N4O4S. The van der Waals surface area contributed by atoms with E-state index in [-0.39, 0.29) is 13.0 Å². The van der Waals surface area contributed by atoms with Gasteiger partial charge in [-0.1, -0.05) is 30.3 Å². The number of aryl methyl sites for hydroxylation is 1. The summed E-state index contributed by atoms with van der Waals surface area (Å²) in [5, 5.41) is 19.3. The summed E-state index contributed by atoms with van der Waals surface area (Å²) in [5.74, 6) is 0.910. The molecule has 25 heavy (non-hydrogen) atoms. The molecule has 0 saturated carbocycles. The predicted octanol–water partition coefficient (Wildman–Crippen LogP) is 1.82. The zero-order valence-corrected chi connectivity index (χ0v) is 14.6. The minimum atomic E-state index is -1.09. The number of carboxylic acid groups (broad SMARTS) is 1. The van der Waals surface area contributed by atoms with E-state index in [1.807, 2.05) is 37.4 Å². The van der Waals surface area contributed by atoms with Gasteiger partial charge in [0.05, 0.1) is 5.75 Å². The van der Waals surface area contributed by atoms with E-state index in [2.05, 4.69) is 15.5 Å². The first-order valence-electron chi connectivity index (χ1n) is 7.67. The van der Waals surface area contributed by atoms with Crippen molar-refractivity contribution >= 4 is 23.8 Å². The van der Waals surface area contributed by atoms with E-state index in [0.29, 0.717) is 11.5 Å². The summed E-state index contributed by atoms with van der Waals surface area (Å²) in [5.41, 5.74) is 0.837. The molecule has 1 unspecified atom stereocenters. The molecule has 0 aliphatic rings. The van der Waals surface area contributed by atoms with Crippen LogP contribution in [0.2, 0.25) is 0 Å². The van der Waals surface area contributed by atoms with Gasteiger partial charge in [-0.3, -0.25) is 0 Å². The number of nitrogens with one attached hydrogen (secondary N) is 1. The Balaban J connectivity index is 1.71. The molecule has 0 saturated heterocycles. The lowest BCUT2D eigenvalue weighted by molar-refractivity contribution is -0.139. The van der Waals surface area contributed by atoms with Crippen molar-refractivity contribution in [3.8, 4) is 0 Å². The van der Waals surface area contributed by atoms with E-state index in [4.69, 9.17) is 4.74 Å². The molecule has 9 heteroatoms. The Kier molecular flexibility index (Phi) is 7.27. The summed E-state index contributed by atoms with van der Waals surface area (Å²) in [6, 6.07) is 8.20. The van der Waals surface area contributed by atoms with Crippen LogP contribution in [0.5, 0.6) is 0 Å². The smallest absolute Gasteiger partial charge is 0.408 e. The molecule has 134 valence electrons. The number of hydrogen-bond acceptors (Lipinski definition) is 6. The number of thioether (sulfide) groups is 1. The SMILES string of the molecule is Cn1cnnc1CSCCC(NC(=O)OCc1ccccc1)C(=O)O. The van der Waals surface area contributed by atoms with Crippen LogP contribution < -0.4 is 5.32 Å². The molecule has 2 rings (SSSR count). The highest BCUT2D eigenvalue weighted by atomic mass is 32.2. The number of aromatic nitrogens is 3. The highest BCUT2D eigenvalue weighted by Gasteiger charge is 2.20. The fourth-order valence-corrected chi connectivity index (χ4v) is 2.96. The summed E-state index contributed by atoms with van der Waals surface area (Å²) < 4.78 is 6.85. The minimum Gasteiger partial charge on any atom is -0.480 e. The fourth-order valence-electron chi connectivity index (χ4n) is 1.97. The number of carbonyl (C=O) groups is 2. The van der Waals surface area contributed by atoms with E-state index in [0.717, 1.165) is 11.4 Å². The van der Waals surface area contributed by atoms with Crippen molar-refractivity contribution in [3.05, 3.63) is 48.0 Å². The van der Waals surface area contributed by atoms with Gasteiger partial charge in [-0.15, -0.1) is 10.2 Å². The Bertz CT molecular complexity index is 692. The molecule has 0 aliphatic carbocycles. The fraction of sp³-hybridized carbons (Fsp3) is 0.375. The lowest BCUT2D eigenvalue weighted by Gasteiger charge is -2.14. The van der Waals surface area contributed by atoms with E-state index < -0.39 is 18.1 Å². The zero-order valence-electron chi connectivity index (χ0n) is 13.8. The van der Waals surface area contributed by atoms with Gasteiger partial charge in [0.1, 0.15) is 24.8 Å². The Hall–Kier alpha value is -2.55. The van der Waals surface area contributed by atoms with Crippen LogP contribution in [0.25, 0.3) is 0 Å². The van der Waals surface area contributed by atoms with Crippen molar-refractivity contribution in [1.82, 2.24) is 20.1 Å². The molecular weight excluding hydrogens is 344 g/mol. The number of amides is 1. The Labute approximate surface area is 149 Å². The van der Waals surface area contributed by atoms with Crippen molar-refractivity contribution in [2.75, 3.05) is 5.75 Å². The van der Waals surface area contributed by atoms with E-state index in [1.165, 1.54) is 11.8 Å². The topological polar surface area (TPSA) is 106 Å². The Morgan fingerprint density at radius 3 is 2.76 bits per heavy atom. The summed E-state index contributed by atoms with van der Waals surface area (Å²) in [4.78, 5) is 23.1. The average molecular weight is 364 g/mol. The van der Waals surface area contributed by atoms with Gasteiger partial charge in [-0.25, -0.2) is 9.59 Å². The van der Waals surface area contributed by atoms with Crippen LogP contribution in [0.1, 0.15) is 17.8 Å². The first kappa shape index (κ1) is 18.8. The normalized spacial score (nSPS) is 11.7. The third-order valence-electron chi connectivity index (χ3n) is 3.39. The van der Waals surface area contributed by atoms with Crippen molar-refractivity contribution in [1.29, 1.82) is 0 Å². The molecule has 2 aromatic rings. The third-order valence-corrected chi connectivity index (χ3v) is 4.38. The van der Waals surface area contributed by atoms with E-state index in [1.54, 1.807) is 10.9 Å².